The number of primary sulfonamides is 1. The Morgan fingerprint density at radius 2 is 1.93 bits per heavy atom. The Balaban J connectivity index is 1.94. The van der Waals surface area contributed by atoms with E-state index in [0.717, 1.165) is 24.3 Å². The number of nitrogens with zero attached hydrogens (tertiary/aromatic N) is 1. The second-order valence-corrected chi connectivity index (χ2v) is 7.52. The number of nitrogens with one attached hydrogen (secondary N) is 1. The molecule has 144 valence electrons. The monoisotopic (exact) mass is 399 g/mol. The van der Waals surface area contributed by atoms with Crippen LogP contribution in [0, 0.1) is 21.7 Å². The van der Waals surface area contributed by atoms with Crippen molar-refractivity contribution in [2.24, 2.45) is 5.14 Å². The second kappa shape index (κ2) is 7.18. The molecule has 1 heterocycles. The SMILES string of the molecule is NS(=O)(=O)c1cc([N+](=O)[O-])ccc1NC1CCOC1c1ccc(F)c(F)c1. The van der Waals surface area contributed by atoms with Crippen LogP contribution in [0.4, 0.5) is 20.2 Å². The van der Waals surface area contributed by atoms with E-state index in [4.69, 9.17) is 9.88 Å². The van der Waals surface area contributed by atoms with Crippen LogP contribution >= 0.6 is 0 Å². The molecule has 0 bridgehead atoms. The Bertz CT molecular complexity index is 1000. The minimum Gasteiger partial charge on any atom is -0.378 e. The van der Waals surface area contributed by atoms with Crippen molar-refractivity contribution in [3.05, 3.63) is 63.7 Å². The van der Waals surface area contributed by atoms with E-state index < -0.39 is 49.3 Å². The molecule has 3 rings (SSSR count). The lowest BCUT2D eigenvalue weighted by Gasteiger charge is -2.22. The van der Waals surface area contributed by atoms with Crippen molar-refractivity contribution in [3.63, 3.8) is 0 Å². The molecule has 8 nitrogen and oxygen atoms in total. The van der Waals surface area contributed by atoms with E-state index >= 15 is 0 Å². The normalized spacial score (nSPS) is 19.8. The molecule has 0 spiro atoms. The summed E-state index contributed by atoms with van der Waals surface area (Å²) in [5, 5.41) is 19.0. The average Bonchev–Trinajstić information content (AvgIpc) is 3.04. The molecule has 1 aliphatic heterocycles. The lowest BCUT2D eigenvalue weighted by molar-refractivity contribution is -0.385. The first-order valence-corrected chi connectivity index (χ1v) is 9.36. The minimum atomic E-state index is -4.24. The molecule has 0 amide bonds. The summed E-state index contributed by atoms with van der Waals surface area (Å²) in [7, 11) is -4.24. The largest absolute Gasteiger partial charge is 0.378 e. The van der Waals surface area contributed by atoms with E-state index in [0.29, 0.717) is 18.6 Å². The molecule has 0 radical (unpaired) electrons. The highest BCUT2D eigenvalue weighted by atomic mass is 32.2. The number of anilines is 1. The Morgan fingerprint density at radius 1 is 1.19 bits per heavy atom. The fraction of sp³-hybridized carbons (Fsp3) is 0.250. The summed E-state index contributed by atoms with van der Waals surface area (Å²) in [6.45, 7) is 0.305. The summed E-state index contributed by atoms with van der Waals surface area (Å²) in [4.78, 5) is 9.72. The third kappa shape index (κ3) is 4.04. The van der Waals surface area contributed by atoms with Gasteiger partial charge in [-0.05, 0) is 30.2 Å². The molecule has 3 N–H and O–H groups in total. The molecule has 2 aromatic carbocycles. The van der Waals surface area contributed by atoms with Gasteiger partial charge in [0.25, 0.3) is 5.69 Å². The molecule has 0 saturated carbocycles. The maximum Gasteiger partial charge on any atom is 0.270 e. The first kappa shape index (κ1) is 19.1. The topological polar surface area (TPSA) is 125 Å². The third-order valence-corrected chi connectivity index (χ3v) is 5.14. The highest BCUT2D eigenvalue weighted by Crippen LogP contribution is 2.34. The van der Waals surface area contributed by atoms with Gasteiger partial charge in [0, 0.05) is 18.7 Å². The zero-order valence-corrected chi connectivity index (χ0v) is 14.6. The quantitative estimate of drug-likeness (QED) is 0.588. The van der Waals surface area contributed by atoms with Gasteiger partial charge in [0.1, 0.15) is 11.0 Å². The highest BCUT2D eigenvalue weighted by molar-refractivity contribution is 7.89. The van der Waals surface area contributed by atoms with Gasteiger partial charge >= 0.3 is 0 Å². The standard InChI is InChI=1S/C16H15F2N3O5S/c17-11-3-1-9(7-12(11)18)16-14(5-6-26-16)20-13-4-2-10(21(22)23)8-15(13)27(19,24)25/h1-4,7-8,14,16,20H,5-6H2,(H2,19,24,25). The van der Waals surface area contributed by atoms with Crippen LogP contribution in [0.5, 0.6) is 0 Å². The molecular weight excluding hydrogens is 384 g/mol. The van der Waals surface area contributed by atoms with E-state index in [1.165, 1.54) is 12.1 Å². The Hall–Kier alpha value is -2.63. The number of rotatable bonds is 5. The first-order valence-electron chi connectivity index (χ1n) is 7.81. The molecule has 1 fully saturated rings. The molecular formula is C16H15F2N3O5S. The molecule has 11 heteroatoms. The van der Waals surface area contributed by atoms with Crippen molar-refractivity contribution >= 4 is 21.4 Å². The molecule has 1 aliphatic rings. The number of sulfonamides is 1. The smallest absolute Gasteiger partial charge is 0.270 e. The molecule has 2 atom stereocenters. The number of nitro benzene ring substituents is 1. The van der Waals surface area contributed by atoms with Crippen LogP contribution in [0.15, 0.2) is 41.3 Å². The van der Waals surface area contributed by atoms with Crippen LogP contribution in [-0.4, -0.2) is 26.0 Å². The van der Waals surface area contributed by atoms with Crippen molar-refractivity contribution < 1.29 is 26.9 Å². The molecule has 0 aromatic heterocycles. The molecule has 2 aromatic rings. The molecule has 27 heavy (non-hydrogen) atoms. The van der Waals surface area contributed by atoms with Crippen LogP contribution in [0.1, 0.15) is 18.1 Å². The summed E-state index contributed by atoms with van der Waals surface area (Å²) in [5.74, 6) is -2.02. The lowest BCUT2D eigenvalue weighted by atomic mass is 10.0. The maximum atomic E-state index is 13.5. The second-order valence-electron chi connectivity index (χ2n) is 5.99. The summed E-state index contributed by atoms with van der Waals surface area (Å²) in [6, 6.07) is 6.12. The van der Waals surface area contributed by atoms with E-state index in [-0.39, 0.29) is 5.69 Å². The first-order chi connectivity index (χ1) is 12.7. The summed E-state index contributed by atoms with van der Waals surface area (Å²) >= 11 is 0. The fourth-order valence-corrected chi connectivity index (χ4v) is 3.65. The van der Waals surface area contributed by atoms with Crippen molar-refractivity contribution in [1.82, 2.24) is 0 Å². The van der Waals surface area contributed by atoms with Gasteiger partial charge < -0.3 is 10.1 Å². The zero-order valence-electron chi connectivity index (χ0n) is 13.8. The number of halogens is 2. The van der Waals surface area contributed by atoms with Gasteiger partial charge in [-0.25, -0.2) is 22.3 Å². The summed E-state index contributed by atoms with van der Waals surface area (Å²) < 4.78 is 55.9. The maximum absolute atomic E-state index is 13.5. The van der Waals surface area contributed by atoms with Gasteiger partial charge in [-0.1, -0.05) is 6.07 Å². The van der Waals surface area contributed by atoms with E-state index in [1.54, 1.807) is 0 Å². The van der Waals surface area contributed by atoms with Gasteiger partial charge in [0.2, 0.25) is 10.0 Å². The van der Waals surface area contributed by atoms with Crippen LogP contribution in [0.3, 0.4) is 0 Å². The molecule has 0 aliphatic carbocycles. The summed E-state index contributed by atoms with van der Waals surface area (Å²) in [6.07, 6.45) is -0.214. The summed E-state index contributed by atoms with van der Waals surface area (Å²) in [5.41, 5.74) is 0.0125. The molecule has 1 saturated heterocycles. The van der Waals surface area contributed by atoms with Gasteiger partial charge in [-0.2, -0.15) is 0 Å². The Labute approximate surface area is 153 Å². The number of ether oxygens (including phenoxy) is 1. The number of non-ortho nitro benzene ring substituents is 1. The van der Waals surface area contributed by atoms with Crippen LogP contribution in [0.25, 0.3) is 0 Å². The van der Waals surface area contributed by atoms with Crippen LogP contribution in [0.2, 0.25) is 0 Å². The van der Waals surface area contributed by atoms with Gasteiger partial charge in [0.15, 0.2) is 11.6 Å². The van der Waals surface area contributed by atoms with Crippen molar-refractivity contribution in [2.45, 2.75) is 23.5 Å². The van der Waals surface area contributed by atoms with Gasteiger partial charge in [-0.3, -0.25) is 10.1 Å². The number of nitrogens with two attached hydrogens (primary N) is 1. The van der Waals surface area contributed by atoms with E-state index in [2.05, 4.69) is 5.32 Å². The highest BCUT2D eigenvalue weighted by Gasteiger charge is 2.32. The van der Waals surface area contributed by atoms with Crippen molar-refractivity contribution in [3.8, 4) is 0 Å². The minimum absolute atomic E-state index is 0.0613. The predicted octanol–water partition coefficient (Wildman–Crippen LogP) is 2.46. The average molecular weight is 399 g/mol. The zero-order chi connectivity index (χ0) is 19.8. The Kier molecular flexibility index (Phi) is 5.09. The van der Waals surface area contributed by atoms with E-state index in [9.17, 15) is 27.3 Å². The van der Waals surface area contributed by atoms with Gasteiger partial charge in [-0.15, -0.1) is 0 Å². The number of nitro groups is 1. The third-order valence-electron chi connectivity index (χ3n) is 4.19. The Morgan fingerprint density at radius 3 is 2.56 bits per heavy atom. The van der Waals surface area contributed by atoms with Crippen molar-refractivity contribution in [1.29, 1.82) is 0 Å². The number of hydrogen-bond acceptors (Lipinski definition) is 6. The fourth-order valence-electron chi connectivity index (χ4n) is 2.93. The molecule has 2 unspecified atom stereocenters. The number of hydrogen-bond donors (Lipinski definition) is 2. The van der Waals surface area contributed by atoms with Crippen LogP contribution in [-0.2, 0) is 14.8 Å². The predicted molar refractivity (Wildman–Crippen MR) is 91.5 cm³/mol. The number of benzene rings is 2. The van der Waals surface area contributed by atoms with Crippen LogP contribution < -0.4 is 10.5 Å². The van der Waals surface area contributed by atoms with Gasteiger partial charge in [0.05, 0.1) is 16.7 Å². The van der Waals surface area contributed by atoms with Crippen molar-refractivity contribution in [2.75, 3.05) is 11.9 Å². The van der Waals surface area contributed by atoms with E-state index in [1.807, 2.05) is 0 Å². The lowest BCUT2D eigenvalue weighted by Crippen LogP contribution is -2.25.